The summed E-state index contributed by atoms with van der Waals surface area (Å²) in [5.74, 6) is -2.15. The second-order valence-electron chi connectivity index (χ2n) is 7.19. The van der Waals surface area contributed by atoms with Crippen LogP contribution in [-0.2, 0) is 14.3 Å². The minimum absolute atomic E-state index is 0.0297. The molecule has 2 aromatic rings. The van der Waals surface area contributed by atoms with Gasteiger partial charge in [-0.15, -0.1) is 11.8 Å². The van der Waals surface area contributed by atoms with Crippen LogP contribution in [0.2, 0.25) is 0 Å². The fourth-order valence-corrected chi connectivity index (χ4v) is 6.76. The number of nitrogens with zero attached hydrogens (tertiary/aromatic N) is 1. The van der Waals surface area contributed by atoms with Crippen LogP contribution in [0.4, 0.5) is 0 Å². The van der Waals surface area contributed by atoms with E-state index in [-0.39, 0.29) is 12.5 Å². The van der Waals surface area contributed by atoms with Crippen LogP contribution >= 0.6 is 23.7 Å². The summed E-state index contributed by atoms with van der Waals surface area (Å²) in [5, 5.41) is 9.94. The summed E-state index contributed by atoms with van der Waals surface area (Å²) in [6.07, 6.45) is 4.06. The molecule has 0 spiro atoms. The monoisotopic (exact) mass is 429 g/mol. The van der Waals surface area contributed by atoms with E-state index in [2.05, 4.69) is 24.3 Å². The summed E-state index contributed by atoms with van der Waals surface area (Å²) < 4.78 is 7.56. The number of fused-ring (bicyclic) bond motifs is 3. The zero-order valence-corrected chi connectivity index (χ0v) is 18.0. The van der Waals surface area contributed by atoms with Crippen molar-refractivity contribution in [1.29, 1.82) is 0 Å². The topological polar surface area (TPSA) is 66.8 Å². The molecule has 0 saturated carbocycles. The normalized spacial score (nSPS) is 23.6. The maximum Gasteiger partial charge on any atom is 0.336 e. The molecule has 1 N–H and O–H groups in total. The molecule has 4 rings (SSSR count). The largest absolute Gasteiger partial charge is 0.479 e. The minimum Gasteiger partial charge on any atom is -0.479 e. The first-order valence-corrected chi connectivity index (χ1v) is 11.9. The number of ether oxygens (including phenoxy) is 1. The number of thioether (sulfide) groups is 1. The average Bonchev–Trinajstić information content (AvgIpc) is 3.28. The molecule has 2 aromatic carbocycles. The Labute approximate surface area is 178 Å². The molecular formula is C22H23NO4S2. The van der Waals surface area contributed by atoms with E-state index in [9.17, 15) is 14.7 Å². The van der Waals surface area contributed by atoms with Crippen molar-refractivity contribution in [3.63, 3.8) is 0 Å². The quantitative estimate of drug-likeness (QED) is 0.548. The maximum atomic E-state index is 13.0. The smallest absolute Gasteiger partial charge is 0.336 e. The van der Waals surface area contributed by atoms with Crippen molar-refractivity contribution < 1.29 is 19.4 Å². The molecule has 2 atom stereocenters. The van der Waals surface area contributed by atoms with Gasteiger partial charge in [0.1, 0.15) is 6.61 Å². The highest BCUT2D eigenvalue weighted by Gasteiger charge is 2.58. The van der Waals surface area contributed by atoms with Crippen molar-refractivity contribution in [2.24, 2.45) is 5.92 Å². The van der Waals surface area contributed by atoms with Crippen molar-refractivity contribution in [2.75, 3.05) is 25.7 Å². The Morgan fingerprint density at radius 2 is 1.69 bits per heavy atom. The summed E-state index contributed by atoms with van der Waals surface area (Å²) in [7, 11) is 0. The van der Waals surface area contributed by atoms with Crippen molar-refractivity contribution in [2.45, 2.75) is 17.2 Å². The van der Waals surface area contributed by atoms with E-state index in [0.717, 1.165) is 11.1 Å². The summed E-state index contributed by atoms with van der Waals surface area (Å²) in [4.78, 5) is 23.9. The Kier molecular flexibility index (Phi) is 5.64. The molecule has 1 aliphatic carbocycles. The molecular weight excluding hydrogens is 406 g/mol. The van der Waals surface area contributed by atoms with Crippen LogP contribution in [-0.4, -0.2) is 51.9 Å². The van der Waals surface area contributed by atoms with Crippen molar-refractivity contribution >= 4 is 35.6 Å². The predicted octanol–water partition coefficient (Wildman–Crippen LogP) is 4.09. The van der Waals surface area contributed by atoms with E-state index >= 15 is 0 Å². The lowest BCUT2D eigenvalue weighted by Crippen LogP contribution is -2.51. The van der Waals surface area contributed by atoms with Crippen molar-refractivity contribution in [3.05, 3.63) is 59.7 Å². The van der Waals surface area contributed by atoms with Gasteiger partial charge < -0.3 is 9.84 Å². The molecule has 29 heavy (non-hydrogen) atoms. The number of hydrogen-bond donors (Lipinski definition) is 1. The average molecular weight is 430 g/mol. The minimum atomic E-state index is -1.29. The third-order valence-electron chi connectivity index (χ3n) is 5.94. The molecule has 1 unspecified atom stereocenters. The van der Waals surface area contributed by atoms with Crippen molar-refractivity contribution in [1.82, 2.24) is 4.31 Å². The van der Waals surface area contributed by atoms with Crippen LogP contribution in [0.5, 0.6) is 0 Å². The summed E-state index contributed by atoms with van der Waals surface area (Å²) >= 11 is 2.56. The number of carboxylic acid groups (broad SMARTS) is 1. The second-order valence-corrected chi connectivity index (χ2v) is 9.03. The van der Waals surface area contributed by atoms with Crippen LogP contribution in [0.25, 0.3) is 11.1 Å². The van der Waals surface area contributed by atoms with E-state index in [1.165, 1.54) is 34.8 Å². The van der Waals surface area contributed by atoms with Gasteiger partial charge >= 0.3 is 11.9 Å². The molecule has 0 amide bonds. The molecule has 1 fully saturated rings. The van der Waals surface area contributed by atoms with Gasteiger partial charge in [-0.05, 0) is 41.2 Å². The first kappa shape index (κ1) is 20.3. The number of carbonyl (C=O) groups is 2. The van der Waals surface area contributed by atoms with Gasteiger partial charge in [-0.2, -0.15) is 0 Å². The molecule has 152 valence electrons. The Bertz CT molecular complexity index is 904. The van der Waals surface area contributed by atoms with Gasteiger partial charge in [0.05, 0.1) is 5.92 Å². The summed E-state index contributed by atoms with van der Waals surface area (Å²) in [5.41, 5.74) is 4.63. The maximum absolute atomic E-state index is 13.0. The highest BCUT2D eigenvalue weighted by Crippen LogP contribution is 2.48. The SMILES string of the molecule is CSN1CCC(C(=O)OCC2c3ccccc3-c3ccccc32)[C@@]1(SC)C(=O)O. The Balaban J connectivity index is 1.57. The molecule has 0 bridgehead atoms. The third kappa shape index (κ3) is 3.16. The van der Waals surface area contributed by atoms with Gasteiger partial charge in [0.25, 0.3) is 0 Å². The molecule has 1 heterocycles. The molecule has 7 heteroatoms. The molecule has 0 aromatic heterocycles. The van der Waals surface area contributed by atoms with Crippen molar-refractivity contribution in [3.8, 4) is 11.1 Å². The third-order valence-corrected chi connectivity index (χ3v) is 8.27. The number of carboxylic acids is 1. The highest BCUT2D eigenvalue weighted by atomic mass is 32.2. The molecule has 1 aliphatic heterocycles. The Morgan fingerprint density at radius 3 is 2.21 bits per heavy atom. The van der Waals surface area contributed by atoms with Crippen LogP contribution in [0.1, 0.15) is 23.5 Å². The van der Waals surface area contributed by atoms with E-state index in [4.69, 9.17) is 4.74 Å². The molecule has 1 saturated heterocycles. The van der Waals surface area contributed by atoms with Crippen LogP contribution in [0.15, 0.2) is 48.5 Å². The lowest BCUT2D eigenvalue weighted by Gasteiger charge is -2.34. The fourth-order valence-electron chi connectivity index (χ4n) is 4.58. The van der Waals surface area contributed by atoms with Gasteiger partial charge in [0.2, 0.25) is 0 Å². The first-order valence-electron chi connectivity index (χ1n) is 9.49. The van der Waals surface area contributed by atoms with Crippen LogP contribution < -0.4 is 0 Å². The standard InChI is InChI=1S/C22H23NO4S2/c1-28-22(21(25)26)19(11-12-23(22)29-2)20(24)27-13-18-16-9-5-3-7-14(16)15-8-4-6-10-17(15)18/h3-10,18-19H,11-13H2,1-2H3,(H,25,26)/t19?,22-/m1/s1. The lowest BCUT2D eigenvalue weighted by molar-refractivity contribution is -0.156. The number of aliphatic carboxylic acids is 1. The van der Waals surface area contributed by atoms with Gasteiger partial charge in [-0.3, -0.25) is 4.79 Å². The van der Waals surface area contributed by atoms with E-state index in [1.54, 1.807) is 10.6 Å². The zero-order valence-electron chi connectivity index (χ0n) is 16.3. The number of benzene rings is 2. The summed E-state index contributed by atoms with van der Waals surface area (Å²) in [6, 6.07) is 16.3. The summed E-state index contributed by atoms with van der Waals surface area (Å²) in [6.45, 7) is 0.760. The molecule has 0 radical (unpaired) electrons. The zero-order chi connectivity index (χ0) is 20.6. The number of hydrogen-bond acceptors (Lipinski definition) is 6. The van der Waals surface area contributed by atoms with Crippen LogP contribution in [0.3, 0.4) is 0 Å². The molecule has 2 aliphatic rings. The van der Waals surface area contributed by atoms with E-state index in [1.807, 2.05) is 30.5 Å². The number of carbonyl (C=O) groups excluding carboxylic acids is 1. The van der Waals surface area contributed by atoms with E-state index < -0.39 is 22.7 Å². The highest BCUT2D eigenvalue weighted by molar-refractivity contribution is 8.02. The van der Waals surface area contributed by atoms with Crippen LogP contribution in [0, 0.1) is 5.92 Å². The van der Waals surface area contributed by atoms with Gasteiger partial charge in [0, 0.05) is 12.5 Å². The van der Waals surface area contributed by atoms with E-state index in [0.29, 0.717) is 13.0 Å². The Morgan fingerprint density at radius 1 is 1.10 bits per heavy atom. The predicted molar refractivity (Wildman–Crippen MR) is 117 cm³/mol. The lowest BCUT2D eigenvalue weighted by atomic mass is 9.97. The molecule has 5 nitrogen and oxygen atoms in total. The van der Waals surface area contributed by atoms with Gasteiger partial charge in [-0.1, -0.05) is 60.5 Å². The first-order chi connectivity index (χ1) is 14.0. The Hall–Kier alpha value is -1.96. The fraction of sp³-hybridized carbons (Fsp3) is 0.364. The second kappa shape index (κ2) is 8.05. The number of rotatable bonds is 6. The van der Waals surface area contributed by atoms with Gasteiger partial charge in [-0.25, -0.2) is 9.10 Å². The number of esters is 1. The van der Waals surface area contributed by atoms with Gasteiger partial charge in [0.15, 0.2) is 4.87 Å².